The molecule has 0 atom stereocenters. The van der Waals surface area contributed by atoms with Crippen molar-refractivity contribution in [2.75, 3.05) is 11.9 Å². The molecule has 4 rings (SSSR count). The number of phenols is 1. The summed E-state index contributed by atoms with van der Waals surface area (Å²) in [5.74, 6) is 1.70. The van der Waals surface area contributed by atoms with Gasteiger partial charge in [0.15, 0.2) is 0 Å². The number of hydrogen-bond donors (Lipinski definition) is 2. The first-order chi connectivity index (χ1) is 13.2. The van der Waals surface area contributed by atoms with Crippen molar-refractivity contribution in [2.45, 2.75) is 13.8 Å². The maximum atomic E-state index is 10.2. The Hall–Kier alpha value is -3.12. The quantitative estimate of drug-likeness (QED) is 0.449. The molecular formula is C21H19N3O2S. The van der Waals surface area contributed by atoms with Crippen LogP contribution in [0.3, 0.4) is 0 Å². The summed E-state index contributed by atoms with van der Waals surface area (Å²) in [6.45, 7) is 4.59. The third kappa shape index (κ3) is 3.44. The van der Waals surface area contributed by atoms with Crippen LogP contribution >= 0.6 is 11.3 Å². The highest BCUT2D eigenvalue weighted by atomic mass is 32.1. The van der Waals surface area contributed by atoms with Crippen molar-refractivity contribution >= 4 is 33.1 Å². The van der Waals surface area contributed by atoms with Crippen LogP contribution in [0.5, 0.6) is 11.5 Å². The maximum Gasteiger partial charge on any atom is 0.143 e. The zero-order chi connectivity index (χ0) is 18.8. The molecule has 0 aliphatic heterocycles. The second-order valence-corrected chi connectivity index (χ2v) is 7.01. The van der Waals surface area contributed by atoms with E-state index in [1.807, 2.05) is 50.2 Å². The monoisotopic (exact) mass is 377 g/mol. The van der Waals surface area contributed by atoms with Crippen molar-refractivity contribution in [1.29, 1.82) is 0 Å². The van der Waals surface area contributed by atoms with Gasteiger partial charge in [0.05, 0.1) is 17.7 Å². The van der Waals surface area contributed by atoms with Gasteiger partial charge in [-0.15, -0.1) is 11.3 Å². The van der Waals surface area contributed by atoms with E-state index in [1.165, 1.54) is 6.33 Å². The van der Waals surface area contributed by atoms with Gasteiger partial charge < -0.3 is 15.2 Å². The number of fused-ring (bicyclic) bond motifs is 1. The molecule has 27 heavy (non-hydrogen) atoms. The molecule has 0 fully saturated rings. The summed E-state index contributed by atoms with van der Waals surface area (Å²) in [5.41, 5.74) is 3.79. The zero-order valence-corrected chi connectivity index (χ0v) is 15.9. The minimum Gasteiger partial charge on any atom is -0.506 e. The van der Waals surface area contributed by atoms with Crippen LogP contribution in [0.1, 0.15) is 12.5 Å². The fourth-order valence-corrected chi connectivity index (χ4v) is 3.87. The number of aromatic nitrogens is 2. The molecule has 0 saturated carbocycles. The predicted molar refractivity (Wildman–Crippen MR) is 110 cm³/mol. The molecule has 2 N–H and O–H groups in total. The smallest absolute Gasteiger partial charge is 0.143 e. The third-order valence-electron chi connectivity index (χ3n) is 4.25. The molecule has 0 bridgehead atoms. The fourth-order valence-electron chi connectivity index (χ4n) is 2.96. The van der Waals surface area contributed by atoms with Gasteiger partial charge in [0.1, 0.15) is 28.5 Å². The molecule has 0 saturated heterocycles. The van der Waals surface area contributed by atoms with Crippen LogP contribution in [0.25, 0.3) is 21.3 Å². The average Bonchev–Trinajstić information content (AvgIpc) is 3.11. The van der Waals surface area contributed by atoms with Crippen LogP contribution in [0.4, 0.5) is 11.5 Å². The molecule has 4 aromatic rings. The molecule has 2 heterocycles. The normalized spacial score (nSPS) is 10.9. The van der Waals surface area contributed by atoms with E-state index in [4.69, 9.17) is 4.74 Å². The van der Waals surface area contributed by atoms with Gasteiger partial charge in [0.25, 0.3) is 0 Å². The summed E-state index contributed by atoms with van der Waals surface area (Å²) >= 11 is 1.57. The Morgan fingerprint density at radius 2 is 1.93 bits per heavy atom. The first kappa shape index (κ1) is 17.3. The summed E-state index contributed by atoms with van der Waals surface area (Å²) in [5, 5.41) is 16.5. The van der Waals surface area contributed by atoms with Crippen LogP contribution in [0, 0.1) is 6.92 Å². The van der Waals surface area contributed by atoms with Gasteiger partial charge in [-0.2, -0.15) is 0 Å². The van der Waals surface area contributed by atoms with Crippen LogP contribution in [0.15, 0.2) is 54.2 Å². The lowest BCUT2D eigenvalue weighted by Crippen LogP contribution is -1.96. The van der Waals surface area contributed by atoms with Crippen molar-refractivity contribution in [3.63, 3.8) is 0 Å². The number of benzene rings is 2. The molecule has 0 aliphatic carbocycles. The first-order valence-electron chi connectivity index (χ1n) is 8.68. The van der Waals surface area contributed by atoms with Gasteiger partial charge in [-0.1, -0.05) is 18.2 Å². The van der Waals surface area contributed by atoms with Gasteiger partial charge in [0, 0.05) is 10.9 Å². The number of aromatic hydroxyl groups is 1. The van der Waals surface area contributed by atoms with Crippen LogP contribution < -0.4 is 10.1 Å². The van der Waals surface area contributed by atoms with Crippen molar-refractivity contribution in [1.82, 2.24) is 9.97 Å². The Kier molecular flexibility index (Phi) is 4.64. The predicted octanol–water partition coefficient (Wildman–Crippen LogP) is 5.51. The third-order valence-corrected chi connectivity index (χ3v) is 5.14. The van der Waals surface area contributed by atoms with E-state index in [9.17, 15) is 5.11 Å². The summed E-state index contributed by atoms with van der Waals surface area (Å²) < 4.78 is 5.53. The van der Waals surface area contributed by atoms with Gasteiger partial charge in [-0.3, -0.25) is 0 Å². The van der Waals surface area contributed by atoms with Crippen molar-refractivity contribution < 1.29 is 9.84 Å². The lowest BCUT2D eigenvalue weighted by Gasteiger charge is -2.11. The number of nitrogens with one attached hydrogen (secondary N) is 1. The number of nitrogens with zero attached hydrogens (tertiary/aromatic N) is 2. The van der Waals surface area contributed by atoms with E-state index >= 15 is 0 Å². The summed E-state index contributed by atoms with van der Waals surface area (Å²) in [6.07, 6.45) is 1.54. The summed E-state index contributed by atoms with van der Waals surface area (Å²) in [7, 11) is 0. The zero-order valence-electron chi connectivity index (χ0n) is 15.1. The highest BCUT2D eigenvalue weighted by molar-refractivity contribution is 7.17. The number of phenolic OH excluding ortho intramolecular Hbond substituents is 1. The summed E-state index contributed by atoms with van der Waals surface area (Å²) in [6, 6.07) is 13.4. The molecule has 0 aliphatic rings. The molecule has 0 radical (unpaired) electrons. The van der Waals surface area contributed by atoms with Crippen molar-refractivity contribution in [3.8, 4) is 22.6 Å². The number of aryl methyl sites for hydroxylation is 1. The largest absolute Gasteiger partial charge is 0.506 e. The van der Waals surface area contributed by atoms with E-state index in [-0.39, 0.29) is 5.75 Å². The Bertz CT molecular complexity index is 1090. The average molecular weight is 377 g/mol. The standard InChI is InChI=1S/C21H19N3O2S/c1-3-26-15-7-5-14(6-8-15)16-11-27-21-19(16)20(22-12-23-21)24-17-10-13(2)4-9-18(17)25/h4-12,25H,3H2,1-2H3,(H,22,23,24). The molecular weight excluding hydrogens is 358 g/mol. The lowest BCUT2D eigenvalue weighted by molar-refractivity contribution is 0.340. The number of rotatable bonds is 5. The molecule has 6 heteroatoms. The van der Waals surface area contributed by atoms with Gasteiger partial charge in [0.2, 0.25) is 0 Å². The molecule has 0 unspecified atom stereocenters. The number of thiophene rings is 1. The first-order valence-corrected chi connectivity index (χ1v) is 9.55. The molecule has 0 spiro atoms. The Balaban J connectivity index is 1.78. The Labute approximate surface area is 161 Å². The number of hydrogen-bond acceptors (Lipinski definition) is 6. The molecule has 0 amide bonds. The topological polar surface area (TPSA) is 67.3 Å². The Morgan fingerprint density at radius 3 is 2.70 bits per heavy atom. The van der Waals surface area contributed by atoms with Gasteiger partial charge in [-0.25, -0.2) is 9.97 Å². The Morgan fingerprint density at radius 1 is 1.11 bits per heavy atom. The van der Waals surface area contributed by atoms with Crippen molar-refractivity contribution in [3.05, 3.63) is 59.7 Å². The SMILES string of the molecule is CCOc1ccc(-c2csc3ncnc(Nc4cc(C)ccc4O)c23)cc1. The van der Waals surface area contributed by atoms with E-state index < -0.39 is 0 Å². The van der Waals surface area contributed by atoms with Crippen LogP contribution in [0.2, 0.25) is 0 Å². The fraction of sp³-hybridized carbons (Fsp3) is 0.143. The van der Waals surface area contributed by atoms with E-state index in [1.54, 1.807) is 17.4 Å². The molecule has 2 aromatic carbocycles. The maximum absolute atomic E-state index is 10.2. The minimum absolute atomic E-state index is 0.185. The van der Waals surface area contributed by atoms with Gasteiger partial charge >= 0.3 is 0 Å². The summed E-state index contributed by atoms with van der Waals surface area (Å²) in [4.78, 5) is 9.72. The van der Waals surface area contributed by atoms with E-state index in [0.717, 1.165) is 32.7 Å². The second-order valence-electron chi connectivity index (χ2n) is 6.15. The highest BCUT2D eigenvalue weighted by Gasteiger charge is 2.14. The van der Waals surface area contributed by atoms with Crippen LogP contribution in [-0.4, -0.2) is 21.7 Å². The lowest BCUT2D eigenvalue weighted by atomic mass is 10.1. The highest BCUT2D eigenvalue weighted by Crippen LogP contribution is 2.39. The van der Waals surface area contributed by atoms with Crippen LogP contribution in [-0.2, 0) is 0 Å². The van der Waals surface area contributed by atoms with E-state index in [2.05, 4.69) is 20.7 Å². The number of ether oxygens (including phenoxy) is 1. The second kappa shape index (κ2) is 7.25. The van der Waals surface area contributed by atoms with Crippen molar-refractivity contribution in [2.24, 2.45) is 0 Å². The number of anilines is 2. The molecule has 2 aromatic heterocycles. The van der Waals surface area contributed by atoms with E-state index in [0.29, 0.717) is 18.1 Å². The molecule has 5 nitrogen and oxygen atoms in total. The minimum atomic E-state index is 0.185. The molecule has 136 valence electrons. The van der Waals surface area contributed by atoms with Gasteiger partial charge in [-0.05, 0) is 49.2 Å².